The van der Waals surface area contributed by atoms with E-state index >= 15 is 0 Å². The molecule has 1 atom stereocenters. The quantitative estimate of drug-likeness (QED) is 0.661. The van der Waals surface area contributed by atoms with Gasteiger partial charge in [0.1, 0.15) is 17.5 Å². The van der Waals surface area contributed by atoms with Gasteiger partial charge in [0.25, 0.3) is 0 Å². The first kappa shape index (κ1) is 16.0. The first-order valence-electron chi connectivity index (χ1n) is 8.08. The molecule has 3 N–H and O–H groups in total. The molecule has 0 saturated carbocycles. The average Bonchev–Trinajstić information content (AvgIpc) is 2.70. The van der Waals surface area contributed by atoms with Crippen molar-refractivity contribution in [2.75, 3.05) is 16.9 Å². The number of hydrogen-bond acceptors (Lipinski definition) is 5. The Bertz CT molecular complexity index is 466. The monoisotopic (exact) mass is 291 g/mol. The van der Waals surface area contributed by atoms with E-state index in [0.717, 1.165) is 24.6 Å². The molecule has 0 amide bonds. The van der Waals surface area contributed by atoms with E-state index in [1.807, 2.05) is 6.07 Å². The Morgan fingerprint density at radius 1 is 1.29 bits per heavy atom. The number of nitrogens with one attached hydrogen (secondary N) is 1. The van der Waals surface area contributed by atoms with E-state index in [-0.39, 0.29) is 5.41 Å². The molecule has 1 fully saturated rings. The van der Waals surface area contributed by atoms with Gasteiger partial charge in [0.05, 0.1) is 0 Å². The zero-order chi connectivity index (χ0) is 15.5. The second kappa shape index (κ2) is 6.60. The zero-order valence-electron chi connectivity index (χ0n) is 13.8. The maximum atomic E-state index is 5.60. The Labute approximate surface area is 128 Å². The molecular weight excluding hydrogens is 262 g/mol. The molecule has 5 nitrogen and oxygen atoms in total. The molecule has 1 aliphatic heterocycles. The third kappa shape index (κ3) is 3.84. The van der Waals surface area contributed by atoms with Crippen molar-refractivity contribution in [2.24, 2.45) is 5.84 Å². The molecule has 1 aromatic rings. The molecule has 0 aromatic carbocycles. The highest BCUT2D eigenvalue weighted by Gasteiger charge is 2.24. The third-order valence-corrected chi connectivity index (χ3v) is 4.17. The van der Waals surface area contributed by atoms with E-state index < -0.39 is 0 Å². The van der Waals surface area contributed by atoms with Crippen molar-refractivity contribution >= 4 is 11.6 Å². The third-order valence-electron chi connectivity index (χ3n) is 4.17. The van der Waals surface area contributed by atoms with Crippen LogP contribution >= 0.6 is 0 Å². The van der Waals surface area contributed by atoms with Gasteiger partial charge in [-0.15, -0.1) is 0 Å². The van der Waals surface area contributed by atoms with Crippen molar-refractivity contribution in [3.8, 4) is 0 Å². The fraction of sp³-hybridized carbons (Fsp3) is 0.750. The van der Waals surface area contributed by atoms with Gasteiger partial charge in [-0.2, -0.15) is 0 Å². The lowest BCUT2D eigenvalue weighted by atomic mass is 9.95. The van der Waals surface area contributed by atoms with Crippen LogP contribution in [0.25, 0.3) is 0 Å². The number of nitrogens with two attached hydrogens (primary N) is 1. The van der Waals surface area contributed by atoms with Gasteiger partial charge in [-0.25, -0.2) is 15.8 Å². The van der Waals surface area contributed by atoms with Crippen LogP contribution in [0.3, 0.4) is 0 Å². The highest BCUT2D eigenvalue weighted by atomic mass is 15.3. The van der Waals surface area contributed by atoms with Crippen molar-refractivity contribution in [3.63, 3.8) is 0 Å². The van der Waals surface area contributed by atoms with Crippen LogP contribution in [0.15, 0.2) is 6.07 Å². The summed E-state index contributed by atoms with van der Waals surface area (Å²) in [6.45, 7) is 9.73. The minimum Gasteiger partial charge on any atom is -0.353 e. The second-order valence-corrected chi connectivity index (χ2v) is 6.93. The lowest BCUT2D eigenvalue weighted by Gasteiger charge is -2.31. The first-order chi connectivity index (χ1) is 9.95. The summed E-state index contributed by atoms with van der Waals surface area (Å²) < 4.78 is 0. The number of rotatable bonds is 3. The van der Waals surface area contributed by atoms with Gasteiger partial charge in [0.15, 0.2) is 0 Å². The molecule has 21 heavy (non-hydrogen) atoms. The van der Waals surface area contributed by atoms with Gasteiger partial charge in [-0.3, -0.25) is 0 Å². The topological polar surface area (TPSA) is 67.1 Å². The zero-order valence-corrected chi connectivity index (χ0v) is 13.8. The van der Waals surface area contributed by atoms with Crippen LogP contribution in [0.5, 0.6) is 0 Å². The van der Waals surface area contributed by atoms with Crippen LogP contribution in [0.4, 0.5) is 11.6 Å². The van der Waals surface area contributed by atoms with E-state index in [1.54, 1.807) is 0 Å². The van der Waals surface area contributed by atoms with Gasteiger partial charge < -0.3 is 10.3 Å². The molecule has 1 unspecified atom stereocenters. The minimum atomic E-state index is -0.0881. The Hall–Kier alpha value is -1.36. The SMILES string of the molecule is CCC1CCCCCN1c1cc(NN)nc(C(C)(C)C)n1. The number of nitrogen functional groups attached to an aromatic ring is 1. The summed E-state index contributed by atoms with van der Waals surface area (Å²) in [5.74, 6) is 8.15. The lowest BCUT2D eigenvalue weighted by Crippen LogP contribution is -2.36. The first-order valence-corrected chi connectivity index (χ1v) is 8.08. The van der Waals surface area contributed by atoms with Crippen molar-refractivity contribution in [2.45, 2.75) is 71.3 Å². The Kier molecular flexibility index (Phi) is 5.04. The highest BCUT2D eigenvalue weighted by Crippen LogP contribution is 2.28. The normalized spacial score (nSPS) is 20.2. The number of hydrazine groups is 1. The predicted molar refractivity (Wildman–Crippen MR) is 88.4 cm³/mol. The molecule has 2 rings (SSSR count). The van der Waals surface area contributed by atoms with Crippen LogP contribution in [0, 0.1) is 0 Å². The van der Waals surface area contributed by atoms with Crippen LogP contribution in [-0.4, -0.2) is 22.6 Å². The van der Waals surface area contributed by atoms with Gasteiger partial charge >= 0.3 is 0 Å². The summed E-state index contributed by atoms with van der Waals surface area (Å²) in [4.78, 5) is 11.8. The van der Waals surface area contributed by atoms with E-state index in [0.29, 0.717) is 11.9 Å². The number of aromatic nitrogens is 2. The highest BCUT2D eigenvalue weighted by molar-refractivity contribution is 5.50. The van der Waals surface area contributed by atoms with Crippen LogP contribution in [0.2, 0.25) is 0 Å². The summed E-state index contributed by atoms with van der Waals surface area (Å²) in [5, 5.41) is 0. The summed E-state index contributed by atoms with van der Waals surface area (Å²) >= 11 is 0. The molecule has 118 valence electrons. The Balaban J connectivity index is 2.40. The molecule has 5 heteroatoms. The smallest absolute Gasteiger partial charge is 0.145 e. The summed E-state index contributed by atoms with van der Waals surface area (Å²) in [7, 11) is 0. The summed E-state index contributed by atoms with van der Waals surface area (Å²) in [5.41, 5.74) is 2.60. The fourth-order valence-corrected chi connectivity index (χ4v) is 2.89. The maximum absolute atomic E-state index is 5.60. The molecule has 0 aliphatic carbocycles. The summed E-state index contributed by atoms with van der Waals surface area (Å²) in [6.07, 6.45) is 6.26. The Morgan fingerprint density at radius 3 is 2.67 bits per heavy atom. The largest absolute Gasteiger partial charge is 0.353 e. The van der Waals surface area contributed by atoms with Gasteiger partial charge in [0.2, 0.25) is 0 Å². The second-order valence-electron chi connectivity index (χ2n) is 6.93. The van der Waals surface area contributed by atoms with Crippen LogP contribution < -0.4 is 16.2 Å². The van der Waals surface area contributed by atoms with Crippen LogP contribution in [-0.2, 0) is 5.41 Å². The van der Waals surface area contributed by atoms with Crippen molar-refractivity contribution < 1.29 is 0 Å². The lowest BCUT2D eigenvalue weighted by molar-refractivity contribution is 0.529. The molecule has 1 saturated heterocycles. The van der Waals surface area contributed by atoms with Crippen LogP contribution in [0.1, 0.15) is 65.6 Å². The van der Waals surface area contributed by atoms with Crippen molar-refractivity contribution in [1.82, 2.24) is 9.97 Å². The molecule has 0 bridgehead atoms. The Morgan fingerprint density at radius 2 is 2.05 bits per heavy atom. The summed E-state index contributed by atoms with van der Waals surface area (Å²) in [6, 6.07) is 2.55. The minimum absolute atomic E-state index is 0.0881. The van der Waals surface area contributed by atoms with Gasteiger partial charge in [-0.1, -0.05) is 40.5 Å². The molecule has 1 aromatic heterocycles. The molecular formula is C16H29N5. The predicted octanol–water partition coefficient (Wildman–Crippen LogP) is 3.22. The molecule has 1 aliphatic rings. The number of hydrogen-bond donors (Lipinski definition) is 2. The molecule has 0 spiro atoms. The number of nitrogens with zero attached hydrogens (tertiary/aromatic N) is 3. The van der Waals surface area contributed by atoms with Crippen molar-refractivity contribution in [3.05, 3.63) is 11.9 Å². The molecule has 2 heterocycles. The van der Waals surface area contributed by atoms with E-state index in [1.165, 1.54) is 25.7 Å². The standard InChI is InChI=1S/C16H29N5/c1-5-12-9-7-6-8-10-21(12)14-11-13(20-17)18-15(19-14)16(2,3)4/h11-12H,5-10,17H2,1-4H3,(H,18,19,20). The van der Waals surface area contributed by atoms with E-state index in [9.17, 15) is 0 Å². The van der Waals surface area contributed by atoms with Crippen molar-refractivity contribution in [1.29, 1.82) is 0 Å². The average molecular weight is 291 g/mol. The van der Waals surface area contributed by atoms with Gasteiger partial charge in [0, 0.05) is 24.1 Å². The van der Waals surface area contributed by atoms with E-state index in [2.05, 4.69) is 43.0 Å². The molecule has 0 radical (unpaired) electrons. The van der Waals surface area contributed by atoms with Gasteiger partial charge in [-0.05, 0) is 19.3 Å². The fourth-order valence-electron chi connectivity index (χ4n) is 2.89. The number of anilines is 2. The maximum Gasteiger partial charge on any atom is 0.145 e. The van der Waals surface area contributed by atoms with E-state index in [4.69, 9.17) is 10.8 Å².